The maximum Gasteiger partial charge on any atom is 0.0406 e. The molecular weight excluding hydrogens is 264 g/mol. The third-order valence-corrected chi connectivity index (χ3v) is 3.63. The van der Waals surface area contributed by atoms with Crippen LogP contribution < -0.4 is 0 Å². The number of hydrogen-bond donors (Lipinski definition) is 0. The van der Waals surface area contributed by atoms with Gasteiger partial charge in [-0.25, -0.2) is 0 Å². The molecule has 0 aliphatic rings. The highest BCUT2D eigenvalue weighted by Gasteiger charge is 2.04. The first-order valence-corrected chi connectivity index (χ1v) is 6.96. The van der Waals surface area contributed by atoms with Crippen LogP contribution in [0.5, 0.6) is 0 Å². The molecule has 0 bridgehead atoms. The summed E-state index contributed by atoms with van der Waals surface area (Å²) in [6.07, 6.45) is 0. The quantitative estimate of drug-likeness (QED) is 0.557. The van der Waals surface area contributed by atoms with Crippen molar-refractivity contribution in [3.63, 3.8) is 0 Å². The van der Waals surface area contributed by atoms with E-state index in [9.17, 15) is 0 Å². The molecule has 0 saturated heterocycles. The summed E-state index contributed by atoms with van der Waals surface area (Å²) in [6.45, 7) is 2.10. The highest BCUT2D eigenvalue weighted by molar-refractivity contribution is 6.30. The van der Waals surface area contributed by atoms with E-state index in [0.29, 0.717) is 0 Å². The van der Waals surface area contributed by atoms with Gasteiger partial charge in [0.15, 0.2) is 0 Å². The Labute approximate surface area is 124 Å². The van der Waals surface area contributed by atoms with Gasteiger partial charge in [0.1, 0.15) is 0 Å². The second-order valence-electron chi connectivity index (χ2n) is 4.78. The molecule has 0 saturated carbocycles. The van der Waals surface area contributed by atoms with Crippen LogP contribution in [0.1, 0.15) is 5.56 Å². The molecule has 0 heterocycles. The van der Waals surface area contributed by atoms with Crippen molar-refractivity contribution in [1.29, 1.82) is 0 Å². The van der Waals surface area contributed by atoms with Crippen LogP contribution in [0.15, 0.2) is 66.7 Å². The van der Waals surface area contributed by atoms with Crippen molar-refractivity contribution >= 4 is 11.6 Å². The third-order valence-electron chi connectivity index (χ3n) is 3.38. The van der Waals surface area contributed by atoms with Gasteiger partial charge in [-0.3, -0.25) is 0 Å². The zero-order valence-corrected chi connectivity index (χ0v) is 12.0. The first-order chi connectivity index (χ1) is 9.74. The minimum atomic E-state index is 0.756. The first kappa shape index (κ1) is 13.0. The molecule has 97 valence electrons. The van der Waals surface area contributed by atoms with Crippen LogP contribution >= 0.6 is 11.6 Å². The molecular formula is C19H14Cl. The van der Waals surface area contributed by atoms with E-state index in [0.717, 1.165) is 21.7 Å². The Morgan fingerprint density at radius 2 is 1.45 bits per heavy atom. The first-order valence-electron chi connectivity index (χ1n) is 6.58. The topological polar surface area (TPSA) is 0 Å². The number of aryl methyl sites for hydroxylation is 1. The van der Waals surface area contributed by atoms with Crippen molar-refractivity contribution in [2.24, 2.45) is 0 Å². The lowest BCUT2D eigenvalue weighted by Crippen LogP contribution is -1.86. The van der Waals surface area contributed by atoms with Crippen molar-refractivity contribution in [3.05, 3.63) is 83.4 Å². The summed E-state index contributed by atoms with van der Waals surface area (Å²) in [5.41, 5.74) is 5.84. The van der Waals surface area contributed by atoms with Crippen LogP contribution in [-0.4, -0.2) is 0 Å². The predicted octanol–water partition coefficient (Wildman–Crippen LogP) is 5.78. The van der Waals surface area contributed by atoms with Gasteiger partial charge in [-0.1, -0.05) is 66.2 Å². The molecule has 0 N–H and O–H groups in total. The van der Waals surface area contributed by atoms with Gasteiger partial charge in [0.05, 0.1) is 0 Å². The fourth-order valence-corrected chi connectivity index (χ4v) is 2.46. The molecule has 1 radical (unpaired) electrons. The Kier molecular flexibility index (Phi) is 3.58. The Bertz CT molecular complexity index is 713. The van der Waals surface area contributed by atoms with E-state index in [1.165, 1.54) is 11.1 Å². The zero-order chi connectivity index (χ0) is 13.9. The normalized spacial score (nSPS) is 10.5. The van der Waals surface area contributed by atoms with Crippen LogP contribution in [0, 0.1) is 13.0 Å². The van der Waals surface area contributed by atoms with Gasteiger partial charge >= 0.3 is 0 Å². The summed E-state index contributed by atoms with van der Waals surface area (Å²) in [5.74, 6) is 0. The predicted molar refractivity (Wildman–Crippen MR) is 85.9 cm³/mol. The van der Waals surface area contributed by atoms with Crippen molar-refractivity contribution < 1.29 is 0 Å². The summed E-state index contributed by atoms with van der Waals surface area (Å²) < 4.78 is 0. The van der Waals surface area contributed by atoms with Crippen LogP contribution in [0.2, 0.25) is 5.02 Å². The van der Waals surface area contributed by atoms with E-state index in [1.807, 2.05) is 30.3 Å². The number of benzene rings is 3. The molecule has 20 heavy (non-hydrogen) atoms. The zero-order valence-electron chi connectivity index (χ0n) is 11.2. The summed E-state index contributed by atoms with van der Waals surface area (Å²) in [5, 5.41) is 0.756. The van der Waals surface area contributed by atoms with Gasteiger partial charge in [0.2, 0.25) is 0 Å². The fourth-order valence-electron chi connectivity index (χ4n) is 2.33. The molecule has 3 aromatic carbocycles. The Hall–Kier alpha value is -2.05. The van der Waals surface area contributed by atoms with Gasteiger partial charge in [-0.2, -0.15) is 0 Å². The van der Waals surface area contributed by atoms with Crippen molar-refractivity contribution in [2.45, 2.75) is 6.92 Å². The molecule has 0 atom stereocenters. The van der Waals surface area contributed by atoms with Crippen LogP contribution in [-0.2, 0) is 0 Å². The summed E-state index contributed by atoms with van der Waals surface area (Å²) in [4.78, 5) is 0. The molecule has 0 unspecified atom stereocenters. The van der Waals surface area contributed by atoms with Gasteiger partial charge in [0, 0.05) is 5.02 Å². The van der Waals surface area contributed by atoms with E-state index >= 15 is 0 Å². The molecule has 0 spiro atoms. The van der Waals surface area contributed by atoms with Crippen molar-refractivity contribution in [1.82, 2.24) is 0 Å². The largest absolute Gasteiger partial charge is 0.0843 e. The highest BCUT2D eigenvalue weighted by Crippen LogP contribution is 2.28. The second kappa shape index (κ2) is 5.52. The number of rotatable bonds is 2. The maximum absolute atomic E-state index is 5.93. The molecule has 3 rings (SSSR count). The number of hydrogen-bond acceptors (Lipinski definition) is 0. The minimum absolute atomic E-state index is 0.756. The Balaban J connectivity index is 2.01. The van der Waals surface area contributed by atoms with Gasteiger partial charge in [0.25, 0.3) is 0 Å². The summed E-state index contributed by atoms with van der Waals surface area (Å²) >= 11 is 5.93. The van der Waals surface area contributed by atoms with Crippen LogP contribution in [0.3, 0.4) is 0 Å². The lowest BCUT2D eigenvalue weighted by atomic mass is 9.96. The lowest BCUT2D eigenvalue weighted by molar-refractivity contribution is 1.44. The van der Waals surface area contributed by atoms with E-state index < -0.39 is 0 Å². The minimum Gasteiger partial charge on any atom is -0.0843 e. The number of halogens is 1. The average molecular weight is 278 g/mol. The molecule has 0 aliphatic heterocycles. The maximum atomic E-state index is 5.93. The molecule has 0 aliphatic carbocycles. The van der Waals surface area contributed by atoms with Crippen LogP contribution in [0.4, 0.5) is 0 Å². The molecule has 0 fully saturated rings. The smallest absolute Gasteiger partial charge is 0.0406 e. The third kappa shape index (κ3) is 2.61. The lowest BCUT2D eigenvalue weighted by Gasteiger charge is -2.09. The summed E-state index contributed by atoms with van der Waals surface area (Å²) in [7, 11) is 0. The van der Waals surface area contributed by atoms with E-state index in [-0.39, 0.29) is 0 Å². The Morgan fingerprint density at radius 3 is 2.10 bits per heavy atom. The monoisotopic (exact) mass is 277 g/mol. The fraction of sp³-hybridized carbons (Fsp3) is 0.0526. The van der Waals surface area contributed by atoms with E-state index in [1.54, 1.807) is 0 Å². The molecule has 0 amide bonds. The van der Waals surface area contributed by atoms with Crippen molar-refractivity contribution in [2.75, 3.05) is 0 Å². The van der Waals surface area contributed by atoms with Gasteiger partial charge < -0.3 is 0 Å². The molecule has 0 nitrogen and oxygen atoms in total. The second-order valence-corrected chi connectivity index (χ2v) is 5.22. The van der Waals surface area contributed by atoms with Gasteiger partial charge in [-0.15, -0.1) is 0 Å². The van der Waals surface area contributed by atoms with E-state index in [4.69, 9.17) is 11.6 Å². The van der Waals surface area contributed by atoms with Gasteiger partial charge in [-0.05, 0) is 52.9 Å². The standard InChI is InChI=1S/C19H14Cl/c1-14-13-17(15-7-10-18(20)11-8-15)9-12-19(14)16-5-3-2-4-6-16/h2-12H,1H3. The highest BCUT2D eigenvalue weighted by atomic mass is 35.5. The molecule has 3 aromatic rings. The Morgan fingerprint density at radius 1 is 0.750 bits per heavy atom. The summed E-state index contributed by atoms with van der Waals surface area (Å²) in [6, 6.07) is 26.0. The SMILES string of the molecule is Cc1[c]c(-c2ccc(Cl)cc2)ccc1-c1ccccc1. The average Bonchev–Trinajstić information content (AvgIpc) is 2.49. The van der Waals surface area contributed by atoms with E-state index in [2.05, 4.69) is 49.4 Å². The molecule has 1 heteroatoms. The van der Waals surface area contributed by atoms with Crippen LogP contribution in [0.25, 0.3) is 22.3 Å². The van der Waals surface area contributed by atoms with Crippen molar-refractivity contribution in [3.8, 4) is 22.3 Å². The molecule has 0 aromatic heterocycles.